The number of hydrogen-bond acceptors (Lipinski definition) is 0. The van der Waals surface area contributed by atoms with Crippen molar-refractivity contribution in [3.8, 4) is 0 Å². The Labute approximate surface area is 280 Å². The normalized spacial score (nSPS) is 13.5. The van der Waals surface area contributed by atoms with Crippen molar-refractivity contribution in [2.24, 2.45) is 0 Å². The highest BCUT2D eigenvalue weighted by Gasteiger charge is 2.32. The lowest BCUT2D eigenvalue weighted by molar-refractivity contribution is 0.840. The summed E-state index contributed by atoms with van der Waals surface area (Å²) in [5, 5.41) is 1.21. The highest BCUT2D eigenvalue weighted by Crippen LogP contribution is 2.36. The minimum Gasteiger partial charge on any atom is -0.0928 e. The zero-order valence-electron chi connectivity index (χ0n) is 30.4. The molecule has 0 amide bonds. The molecule has 0 aromatic heterocycles. The van der Waals surface area contributed by atoms with Gasteiger partial charge in [0.15, 0.2) is 0 Å². The van der Waals surface area contributed by atoms with Crippen LogP contribution >= 0.6 is 15.9 Å². The Morgan fingerprint density at radius 3 is 0.780 bits per heavy atom. The minimum atomic E-state index is -1.14. The molecule has 8 heteroatoms. The Bertz CT molecular complexity index is 540. The van der Waals surface area contributed by atoms with Crippen molar-refractivity contribution in [2.45, 2.75) is 202 Å². The maximum atomic E-state index is 3.75. The number of unbranched alkanes of at least 4 members (excludes halogenated alkanes) is 1. The zero-order chi connectivity index (χ0) is 31.4. The van der Waals surface area contributed by atoms with Crippen LogP contribution in [0, 0.1) is 0 Å². The van der Waals surface area contributed by atoms with Gasteiger partial charge >= 0.3 is 0 Å². The highest BCUT2D eigenvalue weighted by atomic mass is 79.9. The van der Waals surface area contributed by atoms with Crippen molar-refractivity contribution < 1.29 is 0 Å². The Morgan fingerprint density at radius 1 is 0.341 bits per heavy atom. The van der Waals surface area contributed by atoms with Crippen LogP contribution in [-0.4, -0.2) is 64.7 Å². The largest absolute Gasteiger partial charge is 0.0928 e. The summed E-state index contributed by atoms with van der Waals surface area (Å²) in [4.78, 5) is 0. The number of hydrogen-bond donors (Lipinski definition) is 0. The first-order valence-electron chi connectivity index (χ1n) is 17.9. The van der Waals surface area contributed by atoms with Crippen molar-refractivity contribution in [1.82, 2.24) is 0 Å². The molecule has 0 N–H and O–H groups in total. The fraction of sp³-hybridized carbons (Fsp3) is 1.00. The summed E-state index contributed by atoms with van der Waals surface area (Å²) in [6.45, 7) is 28.8. The van der Waals surface area contributed by atoms with Crippen molar-refractivity contribution in [2.75, 3.05) is 5.33 Å². The Hall–Kier alpha value is 2.00. The number of alkyl halides is 1. The quantitative estimate of drug-likeness (QED) is 0.0424. The first-order chi connectivity index (χ1) is 19.1. The zero-order valence-corrected chi connectivity index (χ0v) is 39.0. The van der Waals surface area contributed by atoms with E-state index >= 15 is 0 Å². The van der Waals surface area contributed by atoms with E-state index in [1.54, 1.807) is 117 Å². The van der Waals surface area contributed by atoms with Gasteiger partial charge in [0.2, 0.25) is 0 Å². The standard InChI is InChI=1S/C33H77BrSi7/c1-35(2)21-14-26-40(10,27-15-22-36(3)4)32-18-30-39(9,25-13-12-20-34)31-19-33-41(11,28-16-23-37(5)6)29-17-24-38(7)8/h12-33H2,1-11H3. The summed E-state index contributed by atoms with van der Waals surface area (Å²) in [6, 6.07) is 21.0. The van der Waals surface area contributed by atoms with Gasteiger partial charge in [0.1, 0.15) is 0 Å². The van der Waals surface area contributed by atoms with E-state index in [1.807, 2.05) is 0 Å². The lowest BCUT2D eigenvalue weighted by Crippen LogP contribution is -2.35. The van der Waals surface area contributed by atoms with E-state index in [-0.39, 0.29) is 35.2 Å². The van der Waals surface area contributed by atoms with E-state index < -0.39 is 24.2 Å². The molecule has 0 nitrogen and oxygen atoms in total. The van der Waals surface area contributed by atoms with Crippen LogP contribution in [0.4, 0.5) is 0 Å². The van der Waals surface area contributed by atoms with Gasteiger partial charge in [-0.3, -0.25) is 0 Å². The van der Waals surface area contributed by atoms with Gasteiger partial charge in [0.25, 0.3) is 0 Å². The van der Waals surface area contributed by atoms with Gasteiger partial charge in [-0.25, -0.2) is 0 Å². The van der Waals surface area contributed by atoms with Crippen LogP contribution in [0.25, 0.3) is 0 Å². The van der Waals surface area contributed by atoms with Crippen molar-refractivity contribution in [1.29, 1.82) is 0 Å². The molecule has 0 atom stereocenters. The fourth-order valence-electron chi connectivity index (χ4n) is 7.13. The molecule has 4 radical (unpaired) electrons. The third-order valence-electron chi connectivity index (χ3n) is 10.1. The van der Waals surface area contributed by atoms with E-state index in [0.717, 1.165) is 0 Å². The third kappa shape index (κ3) is 24.9. The molecule has 0 fully saturated rings. The Balaban J connectivity index is 5.25. The van der Waals surface area contributed by atoms with Crippen LogP contribution in [0.2, 0.25) is 151 Å². The SMILES string of the molecule is C[Si](C)CCC[Si](C)(CCC[Si](C)C)CCC[Si](C)(CCCCBr)CCC[Si](C)(CCC[Si](C)C)CCC[Si](C)C. The van der Waals surface area contributed by atoms with Crippen LogP contribution in [0.3, 0.4) is 0 Å². The highest BCUT2D eigenvalue weighted by molar-refractivity contribution is 9.09. The molecular weight excluding hydrogens is 673 g/mol. The molecule has 0 aliphatic carbocycles. The van der Waals surface area contributed by atoms with Crippen molar-refractivity contribution in [3.05, 3.63) is 0 Å². The van der Waals surface area contributed by atoms with Gasteiger partial charge in [-0.05, 0) is 6.42 Å². The molecule has 0 heterocycles. The second kappa shape index (κ2) is 24.2. The third-order valence-corrected chi connectivity index (χ3v) is 30.1. The van der Waals surface area contributed by atoms with E-state index in [4.69, 9.17) is 0 Å². The van der Waals surface area contributed by atoms with Crippen LogP contribution in [0.5, 0.6) is 0 Å². The predicted molar refractivity (Wildman–Crippen MR) is 218 cm³/mol. The second-order valence-corrected chi connectivity index (χ2v) is 44.3. The summed E-state index contributed by atoms with van der Waals surface area (Å²) in [5.74, 6) is 0. The molecule has 0 aromatic rings. The molecule has 0 saturated carbocycles. The second-order valence-electron chi connectivity index (χ2n) is 16.5. The number of rotatable bonds is 28. The van der Waals surface area contributed by atoms with Crippen LogP contribution in [0.1, 0.15) is 51.4 Å². The minimum absolute atomic E-state index is 0.0520. The molecule has 0 unspecified atom stereocenters. The molecule has 0 aliphatic heterocycles. The van der Waals surface area contributed by atoms with Crippen LogP contribution in [-0.2, 0) is 0 Å². The molecule has 0 aromatic carbocycles. The van der Waals surface area contributed by atoms with Crippen molar-refractivity contribution >= 4 is 75.3 Å². The predicted octanol–water partition coefficient (Wildman–Crippen LogP) is 13.8. The first-order valence-corrected chi connectivity index (χ1v) is 39.2. The fourth-order valence-corrected chi connectivity index (χ4v) is 24.8. The van der Waals surface area contributed by atoms with E-state index in [1.165, 1.54) is 18.2 Å². The molecule has 244 valence electrons. The van der Waals surface area contributed by atoms with Gasteiger partial charge in [-0.1, -0.05) is 211 Å². The van der Waals surface area contributed by atoms with Gasteiger partial charge in [-0.2, -0.15) is 0 Å². The summed E-state index contributed by atoms with van der Waals surface area (Å²) < 4.78 is 0. The topological polar surface area (TPSA) is 0 Å². The summed E-state index contributed by atoms with van der Waals surface area (Å²) in [6.07, 6.45) is 12.3. The lowest BCUT2D eigenvalue weighted by atomic mass is 10.4. The summed E-state index contributed by atoms with van der Waals surface area (Å²) in [7, 11) is -3.49. The summed E-state index contributed by atoms with van der Waals surface area (Å²) in [5.41, 5.74) is 0. The monoisotopic (exact) mass is 748 g/mol. The maximum absolute atomic E-state index is 3.75. The molecule has 0 rings (SSSR count). The molecule has 0 bridgehead atoms. The lowest BCUT2D eigenvalue weighted by Gasteiger charge is -2.34. The molecular formula is C33H77BrSi7. The van der Waals surface area contributed by atoms with E-state index in [9.17, 15) is 0 Å². The maximum Gasteiger partial charge on any atom is 0.0504 e. The van der Waals surface area contributed by atoms with E-state index in [2.05, 4.69) is 87.9 Å². The molecule has 0 saturated heterocycles. The van der Waals surface area contributed by atoms with Gasteiger partial charge < -0.3 is 0 Å². The van der Waals surface area contributed by atoms with Gasteiger partial charge in [0.05, 0.1) is 24.2 Å². The first kappa shape index (κ1) is 43.0. The smallest absolute Gasteiger partial charge is 0.0504 e. The average Bonchev–Trinajstić information content (AvgIpc) is 2.83. The van der Waals surface area contributed by atoms with E-state index in [0.29, 0.717) is 0 Å². The number of halogens is 1. The van der Waals surface area contributed by atoms with Crippen molar-refractivity contribution in [3.63, 3.8) is 0 Å². The molecule has 0 spiro atoms. The summed E-state index contributed by atoms with van der Waals surface area (Å²) >= 11 is 3.75. The Kier molecular flexibility index (Phi) is 25.4. The Morgan fingerprint density at radius 2 is 0.561 bits per heavy atom. The van der Waals surface area contributed by atoms with Gasteiger partial charge in [0, 0.05) is 40.5 Å². The average molecular weight is 750 g/mol. The van der Waals surface area contributed by atoms with Gasteiger partial charge in [-0.15, -0.1) is 0 Å². The molecule has 41 heavy (non-hydrogen) atoms. The van der Waals surface area contributed by atoms with Crippen LogP contribution < -0.4 is 0 Å². The van der Waals surface area contributed by atoms with Crippen LogP contribution in [0.15, 0.2) is 0 Å². The molecule has 0 aliphatic rings.